The number of nitrogens with zero attached hydrogens (tertiary/aromatic N) is 4. The summed E-state index contributed by atoms with van der Waals surface area (Å²) in [6.07, 6.45) is 2.74. The maximum Gasteiger partial charge on any atom is 0.217 e. The van der Waals surface area contributed by atoms with Crippen LogP contribution in [0.15, 0.2) is 54.9 Å². The van der Waals surface area contributed by atoms with Gasteiger partial charge in [-0.1, -0.05) is 23.7 Å². The summed E-state index contributed by atoms with van der Waals surface area (Å²) in [6, 6.07) is 12.7. The van der Waals surface area contributed by atoms with Crippen LogP contribution in [0.4, 0.5) is 5.82 Å². The third-order valence-electron chi connectivity index (χ3n) is 4.77. The second kappa shape index (κ2) is 8.14. The van der Waals surface area contributed by atoms with E-state index in [4.69, 9.17) is 21.6 Å². The van der Waals surface area contributed by atoms with Crippen LogP contribution < -0.4 is 10.2 Å². The van der Waals surface area contributed by atoms with Gasteiger partial charge in [-0.2, -0.15) is 0 Å². The molecule has 1 aliphatic rings. The lowest BCUT2D eigenvalue weighted by Gasteiger charge is -2.19. The van der Waals surface area contributed by atoms with E-state index in [-0.39, 0.29) is 11.9 Å². The maximum absolute atomic E-state index is 11.4. The average molecular weight is 410 g/mol. The number of aromatic nitrogens is 3. The molecular formula is C21H20ClN5O2. The fourth-order valence-electron chi connectivity index (χ4n) is 3.37. The van der Waals surface area contributed by atoms with Crippen LogP contribution >= 0.6 is 11.6 Å². The number of nitrogens with one attached hydrogen (secondary N) is 1. The molecule has 148 valence electrons. The number of hydrogen-bond donors (Lipinski definition) is 2. The molecule has 8 heteroatoms. The van der Waals surface area contributed by atoms with E-state index in [1.807, 2.05) is 47.4 Å². The van der Waals surface area contributed by atoms with Crippen molar-refractivity contribution in [3.05, 3.63) is 59.9 Å². The zero-order valence-electron chi connectivity index (χ0n) is 15.8. The molecule has 3 aromatic rings. The summed E-state index contributed by atoms with van der Waals surface area (Å²) in [5.41, 5.74) is 2.44. The molecule has 0 aliphatic carbocycles. The van der Waals surface area contributed by atoms with Crippen molar-refractivity contribution in [1.29, 1.82) is 0 Å². The van der Waals surface area contributed by atoms with Crippen LogP contribution in [0.2, 0.25) is 5.02 Å². The Morgan fingerprint density at radius 3 is 2.66 bits per heavy atom. The number of hydrogen-bond acceptors (Lipinski definition) is 6. The largest absolute Gasteiger partial charge is 0.389 e. The number of aliphatic hydroxyl groups excluding tert-OH is 1. The lowest BCUT2D eigenvalue weighted by molar-refractivity contribution is -0.120. The third kappa shape index (κ3) is 4.36. The minimum atomic E-state index is -0.672. The lowest BCUT2D eigenvalue weighted by Crippen LogP contribution is -2.41. The van der Waals surface area contributed by atoms with Gasteiger partial charge in [-0.25, -0.2) is 9.97 Å². The fraction of sp³-hybridized carbons (Fsp3) is 0.238. The first-order valence-electron chi connectivity index (χ1n) is 9.25. The maximum atomic E-state index is 11.4. The Morgan fingerprint density at radius 1 is 1.17 bits per heavy atom. The Morgan fingerprint density at radius 2 is 1.97 bits per heavy atom. The summed E-state index contributed by atoms with van der Waals surface area (Å²) in [5, 5.41) is 13.8. The highest BCUT2D eigenvalue weighted by molar-refractivity contribution is 6.30. The van der Waals surface area contributed by atoms with Gasteiger partial charge < -0.3 is 15.3 Å². The molecule has 3 heterocycles. The van der Waals surface area contributed by atoms with E-state index in [0.717, 1.165) is 16.8 Å². The van der Waals surface area contributed by atoms with Crippen molar-refractivity contribution in [2.24, 2.45) is 0 Å². The number of amides is 1. The SMILES string of the molecule is CC(=O)N[C@H]1CN(c2cc(-c3ccc(Cl)cc3)nc(-c3cccnc3)n2)C[C@H]1O. The smallest absolute Gasteiger partial charge is 0.217 e. The molecule has 1 saturated heterocycles. The molecular weight excluding hydrogens is 390 g/mol. The van der Waals surface area contributed by atoms with E-state index in [1.54, 1.807) is 12.4 Å². The molecule has 0 saturated carbocycles. The molecule has 0 spiro atoms. The number of β-amino-alcohol motifs (C(OH)–C–C–N with tert-alkyl or cyclic N) is 1. The Balaban J connectivity index is 1.74. The molecule has 2 N–H and O–H groups in total. The van der Waals surface area contributed by atoms with E-state index in [9.17, 15) is 9.90 Å². The second-order valence-electron chi connectivity index (χ2n) is 6.96. The van der Waals surface area contributed by atoms with Crippen LogP contribution in [0.3, 0.4) is 0 Å². The van der Waals surface area contributed by atoms with Crippen LogP contribution in [0.5, 0.6) is 0 Å². The average Bonchev–Trinajstić information content (AvgIpc) is 3.08. The van der Waals surface area contributed by atoms with Gasteiger partial charge in [0.2, 0.25) is 5.91 Å². The monoisotopic (exact) mass is 409 g/mol. The molecule has 1 fully saturated rings. The number of benzene rings is 1. The van der Waals surface area contributed by atoms with Gasteiger partial charge >= 0.3 is 0 Å². The molecule has 0 unspecified atom stereocenters. The highest BCUT2D eigenvalue weighted by Crippen LogP contribution is 2.28. The summed E-state index contributed by atoms with van der Waals surface area (Å²) >= 11 is 6.02. The van der Waals surface area contributed by atoms with Crippen LogP contribution in [-0.2, 0) is 4.79 Å². The number of rotatable bonds is 4. The topological polar surface area (TPSA) is 91.2 Å². The van der Waals surface area contributed by atoms with Gasteiger partial charge in [0.15, 0.2) is 5.82 Å². The molecule has 2 atom stereocenters. The second-order valence-corrected chi connectivity index (χ2v) is 7.40. The van der Waals surface area contributed by atoms with E-state index < -0.39 is 6.10 Å². The molecule has 2 aromatic heterocycles. The standard InChI is InChI=1S/C21H20ClN5O2/c1-13(28)24-18-11-27(12-19(18)29)20-9-17(14-4-6-16(22)7-5-14)25-21(26-20)15-3-2-8-23-10-15/h2-10,18-19,29H,11-12H2,1H3,(H,24,28)/t18-,19+/m0/s1. The first kappa shape index (κ1) is 19.3. The molecule has 0 bridgehead atoms. The van der Waals surface area contributed by atoms with E-state index in [1.165, 1.54) is 6.92 Å². The van der Waals surface area contributed by atoms with E-state index in [2.05, 4.69) is 10.3 Å². The molecule has 1 aromatic carbocycles. The van der Waals surface area contributed by atoms with E-state index in [0.29, 0.717) is 29.8 Å². The number of anilines is 1. The van der Waals surface area contributed by atoms with Gasteiger partial charge in [-0.05, 0) is 24.3 Å². The molecule has 1 aliphatic heterocycles. The predicted octanol–water partition coefficient (Wildman–Crippen LogP) is 2.54. The van der Waals surface area contributed by atoms with Gasteiger partial charge in [0.25, 0.3) is 0 Å². The fourth-order valence-corrected chi connectivity index (χ4v) is 3.49. The summed E-state index contributed by atoms with van der Waals surface area (Å²) in [4.78, 5) is 26.9. The van der Waals surface area contributed by atoms with Gasteiger partial charge in [-0.3, -0.25) is 9.78 Å². The lowest BCUT2D eigenvalue weighted by atomic mass is 10.1. The molecule has 4 rings (SSSR count). The van der Waals surface area contributed by atoms with Crippen molar-refractivity contribution in [1.82, 2.24) is 20.3 Å². The summed E-state index contributed by atoms with van der Waals surface area (Å²) < 4.78 is 0. The predicted molar refractivity (Wildman–Crippen MR) is 112 cm³/mol. The van der Waals surface area contributed by atoms with Crippen molar-refractivity contribution in [3.63, 3.8) is 0 Å². The van der Waals surface area contributed by atoms with Gasteiger partial charge in [0.05, 0.1) is 17.8 Å². The summed E-state index contributed by atoms with van der Waals surface area (Å²) in [7, 11) is 0. The first-order chi connectivity index (χ1) is 14.0. The van der Waals surface area contributed by atoms with Crippen molar-refractivity contribution in [2.45, 2.75) is 19.1 Å². The highest BCUT2D eigenvalue weighted by atomic mass is 35.5. The Labute approximate surface area is 173 Å². The minimum Gasteiger partial charge on any atom is -0.389 e. The van der Waals surface area contributed by atoms with Gasteiger partial charge in [-0.15, -0.1) is 0 Å². The Hall–Kier alpha value is -3.03. The normalized spacial score (nSPS) is 18.7. The molecule has 0 radical (unpaired) electrons. The molecule has 7 nitrogen and oxygen atoms in total. The van der Waals surface area contributed by atoms with Crippen molar-refractivity contribution < 1.29 is 9.90 Å². The minimum absolute atomic E-state index is 0.170. The van der Waals surface area contributed by atoms with Crippen molar-refractivity contribution in [2.75, 3.05) is 18.0 Å². The number of pyridine rings is 1. The summed E-state index contributed by atoms with van der Waals surface area (Å²) in [6.45, 7) is 2.28. The molecule has 29 heavy (non-hydrogen) atoms. The van der Waals surface area contributed by atoms with Crippen molar-refractivity contribution >= 4 is 23.3 Å². The van der Waals surface area contributed by atoms with Gasteiger partial charge in [0, 0.05) is 54.6 Å². The zero-order valence-corrected chi connectivity index (χ0v) is 16.5. The van der Waals surface area contributed by atoms with Crippen LogP contribution in [0.1, 0.15) is 6.92 Å². The number of aliphatic hydroxyl groups is 1. The van der Waals surface area contributed by atoms with Gasteiger partial charge in [0.1, 0.15) is 5.82 Å². The number of carbonyl (C=O) groups excluding carboxylic acids is 1. The quantitative estimate of drug-likeness (QED) is 0.688. The molecule has 1 amide bonds. The first-order valence-corrected chi connectivity index (χ1v) is 9.63. The number of halogens is 1. The van der Waals surface area contributed by atoms with Crippen molar-refractivity contribution in [3.8, 4) is 22.6 Å². The van der Waals surface area contributed by atoms with E-state index >= 15 is 0 Å². The highest BCUT2D eigenvalue weighted by Gasteiger charge is 2.33. The summed E-state index contributed by atoms with van der Waals surface area (Å²) in [5.74, 6) is 1.05. The Bertz CT molecular complexity index is 1010. The third-order valence-corrected chi connectivity index (χ3v) is 5.03. The Kier molecular flexibility index (Phi) is 5.42. The zero-order chi connectivity index (χ0) is 20.4. The van der Waals surface area contributed by atoms with Crippen LogP contribution in [0, 0.1) is 0 Å². The van der Waals surface area contributed by atoms with Crippen LogP contribution in [0.25, 0.3) is 22.6 Å². The van der Waals surface area contributed by atoms with Crippen LogP contribution in [-0.4, -0.2) is 51.2 Å². The number of carbonyl (C=O) groups is 1.